The lowest BCUT2D eigenvalue weighted by molar-refractivity contribution is 0.277. The molecule has 1 aliphatic rings. The molecule has 0 bridgehead atoms. The maximum atomic E-state index is 5.94. The first-order chi connectivity index (χ1) is 7.13. The summed E-state index contributed by atoms with van der Waals surface area (Å²) in [5, 5.41) is 0. The largest absolute Gasteiger partial charge is 0.497 e. The van der Waals surface area contributed by atoms with Gasteiger partial charge in [-0.3, -0.25) is 0 Å². The first kappa shape index (κ1) is 13.6. The molecule has 1 fully saturated rings. The van der Waals surface area contributed by atoms with E-state index in [1.807, 2.05) is 18.2 Å². The predicted octanol–water partition coefficient (Wildman–Crippen LogP) is 2.75. The van der Waals surface area contributed by atoms with Gasteiger partial charge in [-0.1, -0.05) is 0 Å². The number of hydrogen-bond acceptors (Lipinski definition) is 3. The molecule has 2 rings (SSSR count). The van der Waals surface area contributed by atoms with Gasteiger partial charge < -0.3 is 15.2 Å². The van der Waals surface area contributed by atoms with Gasteiger partial charge in [0.25, 0.3) is 0 Å². The van der Waals surface area contributed by atoms with Crippen LogP contribution in [-0.2, 0) is 0 Å². The lowest BCUT2D eigenvalue weighted by Crippen LogP contribution is -2.29. The van der Waals surface area contributed by atoms with E-state index in [1.165, 1.54) is 0 Å². The average Bonchev–Trinajstić information content (AvgIpc) is 2.95. The van der Waals surface area contributed by atoms with Crippen LogP contribution < -0.4 is 15.2 Å². The molecule has 1 saturated carbocycles. The van der Waals surface area contributed by atoms with Crippen molar-refractivity contribution in [3.05, 3.63) is 22.7 Å². The second kappa shape index (κ2) is 5.25. The molecule has 0 heterocycles. The highest BCUT2D eigenvalue weighted by Crippen LogP contribution is 2.35. The summed E-state index contributed by atoms with van der Waals surface area (Å²) in [6, 6.07) is 5.64. The minimum atomic E-state index is -0.0840. The highest BCUT2D eigenvalue weighted by Gasteiger charge is 2.39. The number of hydrogen-bond donors (Lipinski definition) is 1. The Labute approximate surface area is 110 Å². The van der Waals surface area contributed by atoms with Crippen LogP contribution in [0.2, 0.25) is 0 Å². The quantitative estimate of drug-likeness (QED) is 0.930. The minimum Gasteiger partial charge on any atom is -0.497 e. The molecule has 16 heavy (non-hydrogen) atoms. The zero-order chi connectivity index (χ0) is 10.9. The number of benzene rings is 1. The molecule has 3 nitrogen and oxygen atoms in total. The number of nitrogens with two attached hydrogens (primary N) is 1. The number of methoxy groups -OCH3 is 1. The third-order valence-electron chi connectivity index (χ3n) is 2.55. The minimum absolute atomic E-state index is 0. The van der Waals surface area contributed by atoms with Crippen LogP contribution in [-0.4, -0.2) is 19.3 Å². The zero-order valence-corrected chi connectivity index (χ0v) is 11.4. The Balaban J connectivity index is 0.00000128. The van der Waals surface area contributed by atoms with Gasteiger partial charge in [-0.25, -0.2) is 0 Å². The van der Waals surface area contributed by atoms with E-state index < -0.39 is 0 Å². The Kier molecular flexibility index (Phi) is 4.47. The second-order valence-electron chi connectivity index (χ2n) is 3.95. The summed E-state index contributed by atoms with van der Waals surface area (Å²) in [4.78, 5) is 0. The van der Waals surface area contributed by atoms with Crippen molar-refractivity contribution in [2.75, 3.05) is 13.7 Å². The lowest BCUT2D eigenvalue weighted by Gasteiger charge is -2.12. The van der Waals surface area contributed by atoms with Crippen molar-refractivity contribution in [1.82, 2.24) is 0 Å². The van der Waals surface area contributed by atoms with Crippen LogP contribution in [0.5, 0.6) is 11.5 Å². The Morgan fingerprint density at radius 1 is 1.44 bits per heavy atom. The van der Waals surface area contributed by atoms with Gasteiger partial charge in [0.05, 0.1) is 17.1 Å². The van der Waals surface area contributed by atoms with Crippen molar-refractivity contribution >= 4 is 28.3 Å². The van der Waals surface area contributed by atoms with E-state index in [9.17, 15) is 0 Å². The van der Waals surface area contributed by atoms with Gasteiger partial charge in [0.1, 0.15) is 18.1 Å². The van der Waals surface area contributed by atoms with E-state index >= 15 is 0 Å². The number of rotatable bonds is 4. The summed E-state index contributed by atoms with van der Waals surface area (Å²) < 4.78 is 11.6. The maximum Gasteiger partial charge on any atom is 0.133 e. The van der Waals surface area contributed by atoms with Crippen molar-refractivity contribution in [2.24, 2.45) is 5.73 Å². The monoisotopic (exact) mass is 307 g/mol. The lowest BCUT2D eigenvalue weighted by atomic mass is 10.3. The molecule has 5 heteroatoms. The zero-order valence-electron chi connectivity index (χ0n) is 9.03. The highest BCUT2D eigenvalue weighted by atomic mass is 79.9. The van der Waals surface area contributed by atoms with Crippen LogP contribution in [0.3, 0.4) is 0 Å². The van der Waals surface area contributed by atoms with E-state index in [0.717, 1.165) is 28.8 Å². The normalized spacial score (nSPS) is 16.2. The Hall–Kier alpha value is -0.450. The highest BCUT2D eigenvalue weighted by molar-refractivity contribution is 9.10. The molecular formula is C11H15BrClNO2. The topological polar surface area (TPSA) is 44.5 Å². The number of halogens is 2. The van der Waals surface area contributed by atoms with E-state index in [4.69, 9.17) is 15.2 Å². The fourth-order valence-electron chi connectivity index (χ4n) is 1.25. The van der Waals surface area contributed by atoms with Crippen molar-refractivity contribution in [3.8, 4) is 11.5 Å². The summed E-state index contributed by atoms with van der Waals surface area (Å²) in [6.07, 6.45) is 2.11. The van der Waals surface area contributed by atoms with Crippen LogP contribution in [0.25, 0.3) is 0 Å². The summed E-state index contributed by atoms with van der Waals surface area (Å²) in [6.45, 7) is 0.581. The van der Waals surface area contributed by atoms with Crippen LogP contribution in [0.15, 0.2) is 22.7 Å². The van der Waals surface area contributed by atoms with Gasteiger partial charge in [-0.2, -0.15) is 0 Å². The van der Waals surface area contributed by atoms with E-state index in [0.29, 0.717) is 6.61 Å². The molecule has 0 spiro atoms. The van der Waals surface area contributed by atoms with Crippen LogP contribution in [0.4, 0.5) is 0 Å². The molecule has 1 aromatic rings. The van der Waals surface area contributed by atoms with Gasteiger partial charge in [0.2, 0.25) is 0 Å². The van der Waals surface area contributed by atoms with Crippen LogP contribution in [0, 0.1) is 0 Å². The van der Waals surface area contributed by atoms with Crippen molar-refractivity contribution in [3.63, 3.8) is 0 Å². The van der Waals surface area contributed by atoms with E-state index in [2.05, 4.69) is 15.9 Å². The molecule has 0 saturated heterocycles. The molecule has 0 amide bonds. The van der Waals surface area contributed by atoms with Gasteiger partial charge in [-0.15, -0.1) is 12.4 Å². The van der Waals surface area contributed by atoms with E-state index in [1.54, 1.807) is 7.11 Å². The molecule has 90 valence electrons. The smallest absolute Gasteiger partial charge is 0.133 e. The molecular weight excluding hydrogens is 293 g/mol. The molecule has 1 aliphatic carbocycles. The third-order valence-corrected chi connectivity index (χ3v) is 3.17. The molecule has 0 unspecified atom stereocenters. The summed E-state index contributed by atoms with van der Waals surface area (Å²) in [7, 11) is 1.64. The maximum absolute atomic E-state index is 5.94. The average molecular weight is 309 g/mol. The van der Waals surface area contributed by atoms with Gasteiger partial charge in [0.15, 0.2) is 0 Å². The molecule has 1 aromatic carbocycles. The molecule has 0 atom stereocenters. The first-order valence-electron chi connectivity index (χ1n) is 4.88. The second-order valence-corrected chi connectivity index (χ2v) is 4.80. The van der Waals surface area contributed by atoms with Crippen molar-refractivity contribution in [1.29, 1.82) is 0 Å². The van der Waals surface area contributed by atoms with Gasteiger partial charge in [-0.05, 0) is 47.0 Å². The summed E-state index contributed by atoms with van der Waals surface area (Å²) >= 11 is 3.43. The van der Waals surface area contributed by atoms with Crippen molar-refractivity contribution in [2.45, 2.75) is 18.4 Å². The fraction of sp³-hybridized carbons (Fsp3) is 0.455. The molecule has 0 aromatic heterocycles. The van der Waals surface area contributed by atoms with Crippen molar-refractivity contribution < 1.29 is 9.47 Å². The summed E-state index contributed by atoms with van der Waals surface area (Å²) in [5.41, 5.74) is 5.85. The number of ether oxygens (including phenoxy) is 2. The Morgan fingerprint density at radius 2 is 2.12 bits per heavy atom. The predicted molar refractivity (Wildman–Crippen MR) is 69.6 cm³/mol. The van der Waals surface area contributed by atoms with Crippen LogP contribution in [0.1, 0.15) is 12.8 Å². The first-order valence-corrected chi connectivity index (χ1v) is 5.67. The van der Waals surface area contributed by atoms with Gasteiger partial charge in [0, 0.05) is 0 Å². The molecule has 0 aliphatic heterocycles. The van der Waals surface area contributed by atoms with Crippen LogP contribution >= 0.6 is 28.3 Å². The molecule has 0 radical (unpaired) electrons. The summed E-state index contributed by atoms with van der Waals surface area (Å²) in [5.74, 6) is 1.62. The Bertz CT molecular complexity index is 369. The standard InChI is InChI=1S/C11H14BrNO2.ClH/c1-14-8-2-3-10(9(12)6-8)15-7-11(13)4-5-11;/h2-3,6H,4-5,7,13H2,1H3;1H. The van der Waals surface area contributed by atoms with E-state index in [-0.39, 0.29) is 17.9 Å². The fourth-order valence-corrected chi connectivity index (χ4v) is 1.72. The van der Waals surface area contributed by atoms with Gasteiger partial charge >= 0.3 is 0 Å². The molecule has 2 N–H and O–H groups in total. The Morgan fingerprint density at radius 3 is 2.62 bits per heavy atom. The SMILES string of the molecule is COc1ccc(OCC2(N)CC2)c(Br)c1.Cl. The third kappa shape index (κ3) is 3.27.